The first-order valence-electron chi connectivity index (χ1n) is 11.3. The van der Waals surface area contributed by atoms with Crippen molar-refractivity contribution in [2.24, 2.45) is 11.8 Å². The minimum Gasteiger partial charge on any atom is -0.378 e. The highest BCUT2D eigenvalue weighted by Crippen LogP contribution is 2.31. The van der Waals surface area contributed by atoms with Gasteiger partial charge in [-0.25, -0.2) is 8.42 Å². The molecule has 0 radical (unpaired) electrons. The fourth-order valence-electron chi connectivity index (χ4n) is 4.63. The number of carbonyl (C=O) groups is 1. The van der Waals surface area contributed by atoms with Gasteiger partial charge in [-0.15, -0.1) is 0 Å². The molecule has 7 nitrogen and oxygen atoms in total. The number of halogens is 1. The highest BCUT2D eigenvalue weighted by atomic mass is 35.5. The van der Waals surface area contributed by atoms with Crippen molar-refractivity contribution in [1.82, 2.24) is 4.31 Å². The average molecular weight is 492 g/mol. The number of ether oxygens (including phenoxy) is 1. The van der Waals surface area contributed by atoms with Gasteiger partial charge in [-0.2, -0.15) is 4.31 Å². The molecule has 178 valence electrons. The number of hydrogen-bond donors (Lipinski definition) is 1. The molecule has 2 aliphatic heterocycles. The second-order valence-electron chi connectivity index (χ2n) is 9.01. The zero-order valence-electron chi connectivity index (χ0n) is 19.0. The molecule has 2 unspecified atom stereocenters. The Morgan fingerprint density at radius 2 is 1.76 bits per heavy atom. The van der Waals surface area contributed by atoms with Crippen LogP contribution in [-0.2, 0) is 14.8 Å². The molecule has 0 aliphatic carbocycles. The Morgan fingerprint density at radius 1 is 1.06 bits per heavy atom. The summed E-state index contributed by atoms with van der Waals surface area (Å²) in [6.45, 7) is 7.78. The Labute approximate surface area is 200 Å². The molecule has 2 aromatic rings. The lowest BCUT2D eigenvalue weighted by Gasteiger charge is -2.34. The van der Waals surface area contributed by atoms with E-state index in [-0.39, 0.29) is 16.4 Å². The first kappa shape index (κ1) is 24.0. The lowest BCUT2D eigenvalue weighted by atomic mass is 9.94. The van der Waals surface area contributed by atoms with E-state index in [4.69, 9.17) is 16.3 Å². The van der Waals surface area contributed by atoms with E-state index in [9.17, 15) is 13.2 Å². The molecule has 0 aromatic heterocycles. The molecule has 2 atom stereocenters. The van der Waals surface area contributed by atoms with Gasteiger partial charge in [-0.3, -0.25) is 4.79 Å². The van der Waals surface area contributed by atoms with Gasteiger partial charge >= 0.3 is 0 Å². The van der Waals surface area contributed by atoms with Crippen LogP contribution in [0.1, 0.15) is 30.6 Å². The first-order chi connectivity index (χ1) is 15.7. The maximum atomic E-state index is 13.3. The van der Waals surface area contributed by atoms with Crippen LogP contribution < -0.4 is 10.2 Å². The molecule has 1 amide bonds. The van der Waals surface area contributed by atoms with Crippen LogP contribution in [0.25, 0.3) is 0 Å². The monoisotopic (exact) mass is 491 g/mol. The normalized spacial score (nSPS) is 22.2. The molecule has 2 fully saturated rings. The number of amides is 1. The molecule has 33 heavy (non-hydrogen) atoms. The SMILES string of the molecule is CC1CC(C)CN(S(=O)(=O)c2cccc(C(=O)Nc3cc(Cl)ccc3N3CCOCC3)c2)C1. The van der Waals surface area contributed by atoms with Gasteiger partial charge in [0.2, 0.25) is 10.0 Å². The number of piperidine rings is 1. The summed E-state index contributed by atoms with van der Waals surface area (Å²) in [6, 6.07) is 11.6. The fourth-order valence-corrected chi connectivity index (χ4v) is 6.53. The van der Waals surface area contributed by atoms with Crippen LogP contribution in [0, 0.1) is 11.8 Å². The summed E-state index contributed by atoms with van der Waals surface area (Å²) in [7, 11) is -3.68. The van der Waals surface area contributed by atoms with E-state index in [1.54, 1.807) is 30.3 Å². The van der Waals surface area contributed by atoms with Crippen LogP contribution in [-0.4, -0.2) is 58.0 Å². The van der Waals surface area contributed by atoms with Crippen molar-refractivity contribution >= 4 is 38.9 Å². The maximum absolute atomic E-state index is 13.3. The summed E-state index contributed by atoms with van der Waals surface area (Å²) >= 11 is 6.20. The topological polar surface area (TPSA) is 79.0 Å². The molecule has 2 aliphatic rings. The largest absolute Gasteiger partial charge is 0.378 e. The number of benzene rings is 2. The summed E-state index contributed by atoms with van der Waals surface area (Å²) in [5.74, 6) is 0.220. The van der Waals surface area contributed by atoms with E-state index in [0.29, 0.717) is 61.9 Å². The minimum absolute atomic E-state index is 0.135. The van der Waals surface area contributed by atoms with Crippen molar-refractivity contribution in [2.75, 3.05) is 49.6 Å². The highest BCUT2D eigenvalue weighted by molar-refractivity contribution is 7.89. The molecular formula is C24H30ClN3O4S. The third kappa shape index (κ3) is 5.51. The van der Waals surface area contributed by atoms with E-state index >= 15 is 0 Å². The standard InChI is InChI=1S/C24H30ClN3O4S/c1-17-12-18(2)16-28(15-17)33(30,31)21-5-3-4-19(13-21)24(29)26-22-14-20(25)6-7-23(22)27-8-10-32-11-9-27/h3-7,13-14,17-18H,8-12,15-16H2,1-2H3,(H,26,29). The van der Waals surface area contributed by atoms with Gasteiger partial charge in [-0.05, 0) is 54.7 Å². The fraction of sp³-hybridized carbons (Fsp3) is 0.458. The van der Waals surface area contributed by atoms with E-state index < -0.39 is 10.0 Å². The zero-order valence-corrected chi connectivity index (χ0v) is 20.5. The van der Waals surface area contributed by atoms with Crippen molar-refractivity contribution < 1.29 is 17.9 Å². The Balaban J connectivity index is 1.57. The van der Waals surface area contributed by atoms with Gasteiger partial charge in [-0.1, -0.05) is 31.5 Å². The number of nitrogens with one attached hydrogen (secondary N) is 1. The summed E-state index contributed by atoms with van der Waals surface area (Å²) in [5, 5.41) is 3.43. The Hall–Kier alpha value is -2.13. The van der Waals surface area contributed by atoms with Crippen molar-refractivity contribution in [1.29, 1.82) is 0 Å². The Kier molecular flexibility index (Phi) is 7.28. The molecule has 9 heteroatoms. The number of carbonyl (C=O) groups excluding carboxylic acids is 1. The van der Waals surface area contributed by atoms with Crippen LogP contribution in [0.3, 0.4) is 0 Å². The molecule has 0 bridgehead atoms. The quantitative estimate of drug-likeness (QED) is 0.681. The summed E-state index contributed by atoms with van der Waals surface area (Å²) < 4.78 is 33.5. The first-order valence-corrected chi connectivity index (χ1v) is 13.1. The van der Waals surface area contributed by atoms with Crippen LogP contribution in [0.4, 0.5) is 11.4 Å². The Morgan fingerprint density at radius 3 is 2.45 bits per heavy atom. The van der Waals surface area contributed by atoms with Gasteiger partial charge in [0.1, 0.15) is 0 Å². The average Bonchev–Trinajstić information content (AvgIpc) is 2.79. The molecule has 2 aromatic carbocycles. The van der Waals surface area contributed by atoms with Gasteiger partial charge in [0, 0.05) is 36.8 Å². The highest BCUT2D eigenvalue weighted by Gasteiger charge is 2.32. The maximum Gasteiger partial charge on any atom is 0.255 e. The van der Waals surface area contributed by atoms with Crippen molar-refractivity contribution in [3.63, 3.8) is 0 Å². The number of nitrogens with zero attached hydrogens (tertiary/aromatic N) is 2. The number of rotatable bonds is 5. The third-order valence-electron chi connectivity index (χ3n) is 6.13. The number of anilines is 2. The van der Waals surface area contributed by atoms with E-state index in [2.05, 4.69) is 24.1 Å². The number of hydrogen-bond acceptors (Lipinski definition) is 5. The number of sulfonamides is 1. The molecule has 0 spiro atoms. The molecule has 2 heterocycles. The van der Waals surface area contributed by atoms with Crippen molar-refractivity contribution in [2.45, 2.75) is 25.2 Å². The van der Waals surface area contributed by atoms with Crippen LogP contribution in [0.15, 0.2) is 47.4 Å². The summed E-state index contributed by atoms with van der Waals surface area (Å²) in [5.41, 5.74) is 1.72. The van der Waals surface area contributed by atoms with Crippen molar-refractivity contribution in [3.8, 4) is 0 Å². The lowest BCUT2D eigenvalue weighted by molar-refractivity contribution is 0.102. The molecule has 4 rings (SSSR count). The molecular weight excluding hydrogens is 462 g/mol. The molecule has 1 N–H and O–H groups in total. The van der Waals surface area contributed by atoms with E-state index in [0.717, 1.165) is 12.1 Å². The second kappa shape index (κ2) is 10.0. The Bertz CT molecular complexity index is 1110. The molecule has 0 saturated carbocycles. The van der Waals surface area contributed by atoms with E-state index in [1.807, 2.05) is 6.07 Å². The van der Waals surface area contributed by atoms with Gasteiger partial charge in [0.15, 0.2) is 0 Å². The zero-order chi connectivity index (χ0) is 23.6. The van der Waals surface area contributed by atoms with E-state index in [1.165, 1.54) is 10.4 Å². The van der Waals surface area contributed by atoms with Gasteiger partial charge in [0.05, 0.1) is 29.5 Å². The minimum atomic E-state index is -3.68. The summed E-state index contributed by atoms with van der Waals surface area (Å²) in [4.78, 5) is 15.4. The van der Waals surface area contributed by atoms with Crippen LogP contribution in [0.2, 0.25) is 5.02 Å². The smallest absolute Gasteiger partial charge is 0.255 e. The van der Waals surface area contributed by atoms with Crippen molar-refractivity contribution in [3.05, 3.63) is 53.1 Å². The predicted octanol–water partition coefficient (Wildman–Crippen LogP) is 4.10. The predicted molar refractivity (Wildman–Crippen MR) is 131 cm³/mol. The molecule has 2 saturated heterocycles. The van der Waals surface area contributed by atoms with Crippen LogP contribution in [0.5, 0.6) is 0 Å². The van der Waals surface area contributed by atoms with Gasteiger partial charge in [0.25, 0.3) is 5.91 Å². The number of morpholine rings is 1. The second-order valence-corrected chi connectivity index (χ2v) is 11.4. The van der Waals surface area contributed by atoms with Crippen LogP contribution >= 0.6 is 11.6 Å². The van der Waals surface area contributed by atoms with Gasteiger partial charge < -0.3 is 15.0 Å². The third-order valence-corrected chi connectivity index (χ3v) is 8.19. The lowest BCUT2D eigenvalue weighted by Crippen LogP contribution is -2.42. The summed E-state index contributed by atoms with van der Waals surface area (Å²) in [6.07, 6.45) is 1.01.